The van der Waals surface area contributed by atoms with E-state index in [2.05, 4.69) is 25.7 Å². The third-order valence-corrected chi connectivity index (χ3v) is 3.01. The van der Waals surface area contributed by atoms with Crippen LogP contribution in [-0.4, -0.2) is 47.8 Å². The molecular weight excluding hydrogens is 206 g/mol. The lowest BCUT2D eigenvalue weighted by Gasteiger charge is -2.37. The molecular formula is C12H23NO3. The average Bonchev–Trinajstić information content (AvgIpc) is 2.16. The molecule has 2 unspecified atom stereocenters. The van der Waals surface area contributed by atoms with Gasteiger partial charge in [0.2, 0.25) is 0 Å². The van der Waals surface area contributed by atoms with E-state index in [0.717, 1.165) is 19.5 Å². The molecule has 0 spiro atoms. The van der Waals surface area contributed by atoms with Gasteiger partial charge in [-0.05, 0) is 19.3 Å². The molecule has 4 heteroatoms. The molecule has 1 aliphatic rings. The molecule has 1 aliphatic heterocycles. The fourth-order valence-corrected chi connectivity index (χ4v) is 2.29. The fourth-order valence-electron chi connectivity index (χ4n) is 2.29. The van der Waals surface area contributed by atoms with Crippen molar-refractivity contribution in [2.45, 2.75) is 45.8 Å². The lowest BCUT2D eigenvalue weighted by molar-refractivity contribution is -0.142. The van der Waals surface area contributed by atoms with Crippen molar-refractivity contribution in [1.29, 1.82) is 0 Å². The summed E-state index contributed by atoms with van der Waals surface area (Å²) in [5.41, 5.74) is 0. The predicted molar refractivity (Wildman–Crippen MR) is 62.5 cm³/mol. The summed E-state index contributed by atoms with van der Waals surface area (Å²) in [7, 11) is 0. The molecule has 2 atom stereocenters. The molecule has 0 saturated carbocycles. The molecule has 1 heterocycles. The van der Waals surface area contributed by atoms with Gasteiger partial charge in [-0.25, -0.2) is 0 Å². The predicted octanol–water partition coefficient (Wildman–Crippen LogP) is 1.60. The van der Waals surface area contributed by atoms with Crippen molar-refractivity contribution in [3.8, 4) is 0 Å². The van der Waals surface area contributed by atoms with Crippen LogP contribution < -0.4 is 0 Å². The second kappa shape index (κ2) is 6.21. The summed E-state index contributed by atoms with van der Waals surface area (Å²) in [6, 6.07) is 0.514. The van der Waals surface area contributed by atoms with Crippen LogP contribution in [0.4, 0.5) is 0 Å². The Morgan fingerprint density at radius 2 is 2.19 bits per heavy atom. The summed E-state index contributed by atoms with van der Waals surface area (Å²) in [6.07, 6.45) is 1.13. The van der Waals surface area contributed by atoms with Crippen molar-refractivity contribution < 1.29 is 14.6 Å². The molecule has 1 fully saturated rings. The SMILES string of the molecule is CC(C)CC(C)N1CCOC(CC(=O)O)C1. The highest BCUT2D eigenvalue weighted by molar-refractivity contribution is 5.67. The van der Waals surface area contributed by atoms with Gasteiger partial charge in [-0.1, -0.05) is 13.8 Å². The number of aliphatic carboxylic acids is 1. The van der Waals surface area contributed by atoms with Crippen molar-refractivity contribution in [1.82, 2.24) is 4.90 Å². The van der Waals surface area contributed by atoms with Crippen LogP contribution in [0.5, 0.6) is 0 Å². The molecule has 0 radical (unpaired) electrons. The lowest BCUT2D eigenvalue weighted by atomic mass is 10.0. The number of hydrogen-bond donors (Lipinski definition) is 1. The molecule has 0 aromatic carbocycles. The van der Waals surface area contributed by atoms with Gasteiger partial charge in [-0.2, -0.15) is 0 Å². The third kappa shape index (κ3) is 4.49. The van der Waals surface area contributed by atoms with E-state index in [9.17, 15) is 4.79 Å². The van der Waals surface area contributed by atoms with Gasteiger partial charge < -0.3 is 9.84 Å². The van der Waals surface area contributed by atoms with Crippen LogP contribution in [0.25, 0.3) is 0 Å². The van der Waals surface area contributed by atoms with Crippen LogP contribution in [-0.2, 0) is 9.53 Å². The van der Waals surface area contributed by atoms with E-state index in [4.69, 9.17) is 9.84 Å². The molecule has 94 valence electrons. The zero-order chi connectivity index (χ0) is 12.1. The van der Waals surface area contributed by atoms with E-state index in [1.807, 2.05) is 0 Å². The van der Waals surface area contributed by atoms with Crippen molar-refractivity contribution in [3.63, 3.8) is 0 Å². The maximum atomic E-state index is 10.6. The number of nitrogens with zero attached hydrogens (tertiary/aromatic N) is 1. The number of hydrogen-bond acceptors (Lipinski definition) is 3. The minimum atomic E-state index is -0.775. The van der Waals surface area contributed by atoms with Gasteiger partial charge in [0.05, 0.1) is 19.1 Å². The standard InChI is InChI=1S/C12H23NO3/c1-9(2)6-10(3)13-4-5-16-11(8-13)7-12(14)15/h9-11H,4-8H2,1-3H3,(H,14,15). The number of ether oxygens (including phenoxy) is 1. The molecule has 16 heavy (non-hydrogen) atoms. The Hall–Kier alpha value is -0.610. The second-order valence-electron chi connectivity index (χ2n) is 5.06. The molecule has 1 saturated heterocycles. The van der Waals surface area contributed by atoms with E-state index < -0.39 is 5.97 Å². The Bertz CT molecular complexity index is 230. The maximum Gasteiger partial charge on any atom is 0.306 e. The quantitative estimate of drug-likeness (QED) is 0.778. The number of carboxylic acid groups (broad SMARTS) is 1. The normalized spacial score (nSPS) is 24.6. The molecule has 0 bridgehead atoms. The van der Waals surface area contributed by atoms with Gasteiger partial charge >= 0.3 is 5.97 Å². The molecule has 0 amide bonds. The van der Waals surface area contributed by atoms with Gasteiger partial charge in [0, 0.05) is 19.1 Å². The summed E-state index contributed by atoms with van der Waals surface area (Å²) in [4.78, 5) is 13.0. The molecule has 4 nitrogen and oxygen atoms in total. The first-order valence-corrected chi connectivity index (χ1v) is 6.06. The smallest absolute Gasteiger partial charge is 0.306 e. The van der Waals surface area contributed by atoms with E-state index in [1.54, 1.807) is 0 Å². The topological polar surface area (TPSA) is 49.8 Å². The zero-order valence-corrected chi connectivity index (χ0v) is 10.5. The van der Waals surface area contributed by atoms with Crippen molar-refractivity contribution in [2.75, 3.05) is 19.7 Å². The first-order chi connectivity index (χ1) is 7.49. The Balaban J connectivity index is 2.40. The van der Waals surface area contributed by atoms with E-state index >= 15 is 0 Å². The molecule has 0 aromatic rings. The molecule has 1 rings (SSSR count). The van der Waals surface area contributed by atoms with Crippen LogP contribution in [0, 0.1) is 5.92 Å². The fraction of sp³-hybridized carbons (Fsp3) is 0.917. The zero-order valence-electron chi connectivity index (χ0n) is 10.5. The Morgan fingerprint density at radius 1 is 1.50 bits per heavy atom. The number of morpholine rings is 1. The Kier molecular flexibility index (Phi) is 5.22. The Labute approximate surface area is 97.6 Å². The first-order valence-electron chi connectivity index (χ1n) is 6.06. The van der Waals surface area contributed by atoms with Crippen LogP contribution in [0.3, 0.4) is 0 Å². The van der Waals surface area contributed by atoms with Gasteiger partial charge in [-0.3, -0.25) is 9.69 Å². The highest BCUT2D eigenvalue weighted by Crippen LogP contribution is 2.16. The van der Waals surface area contributed by atoms with Gasteiger partial charge in [0.15, 0.2) is 0 Å². The molecule has 1 N–H and O–H groups in total. The summed E-state index contributed by atoms with van der Waals surface area (Å²) in [6.45, 7) is 8.96. The average molecular weight is 229 g/mol. The van der Waals surface area contributed by atoms with E-state index in [0.29, 0.717) is 18.6 Å². The minimum absolute atomic E-state index is 0.116. The first kappa shape index (κ1) is 13.5. The summed E-state index contributed by atoms with van der Waals surface area (Å²) < 4.78 is 5.45. The summed E-state index contributed by atoms with van der Waals surface area (Å²) in [5.74, 6) is -0.0980. The molecule has 0 aliphatic carbocycles. The largest absolute Gasteiger partial charge is 0.481 e. The highest BCUT2D eigenvalue weighted by Gasteiger charge is 2.25. The summed E-state index contributed by atoms with van der Waals surface area (Å²) >= 11 is 0. The van der Waals surface area contributed by atoms with Gasteiger partial charge in [-0.15, -0.1) is 0 Å². The van der Waals surface area contributed by atoms with Crippen LogP contribution in [0.2, 0.25) is 0 Å². The highest BCUT2D eigenvalue weighted by atomic mass is 16.5. The number of carbonyl (C=O) groups is 1. The van der Waals surface area contributed by atoms with E-state index in [-0.39, 0.29) is 12.5 Å². The number of carboxylic acids is 1. The van der Waals surface area contributed by atoms with Crippen LogP contribution >= 0.6 is 0 Å². The van der Waals surface area contributed by atoms with Crippen LogP contribution in [0.1, 0.15) is 33.6 Å². The van der Waals surface area contributed by atoms with Crippen molar-refractivity contribution in [2.24, 2.45) is 5.92 Å². The van der Waals surface area contributed by atoms with E-state index in [1.165, 1.54) is 0 Å². The monoisotopic (exact) mass is 229 g/mol. The van der Waals surface area contributed by atoms with Crippen molar-refractivity contribution in [3.05, 3.63) is 0 Å². The van der Waals surface area contributed by atoms with Crippen molar-refractivity contribution >= 4 is 5.97 Å². The number of rotatable bonds is 5. The maximum absolute atomic E-state index is 10.6. The van der Waals surface area contributed by atoms with Gasteiger partial charge in [0.1, 0.15) is 0 Å². The Morgan fingerprint density at radius 3 is 2.75 bits per heavy atom. The van der Waals surface area contributed by atoms with Crippen LogP contribution in [0.15, 0.2) is 0 Å². The lowest BCUT2D eigenvalue weighted by Crippen LogP contribution is -2.47. The summed E-state index contributed by atoms with van der Waals surface area (Å²) in [5, 5.41) is 8.74. The second-order valence-corrected chi connectivity index (χ2v) is 5.06. The van der Waals surface area contributed by atoms with Gasteiger partial charge in [0.25, 0.3) is 0 Å². The molecule has 0 aromatic heterocycles. The third-order valence-electron chi connectivity index (χ3n) is 3.01. The minimum Gasteiger partial charge on any atom is -0.481 e.